The predicted molar refractivity (Wildman–Crippen MR) is 79.7 cm³/mol. The Labute approximate surface area is 125 Å². The number of rotatable bonds is 5. The van der Waals surface area contributed by atoms with Crippen molar-refractivity contribution in [3.8, 4) is 0 Å². The van der Waals surface area contributed by atoms with Crippen LogP contribution in [0, 0.1) is 0 Å². The number of ether oxygens (including phenoxy) is 1. The Morgan fingerprint density at radius 1 is 1.40 bits per heavy atom. The summed E-state index contributed by atoms with van der Waals surface area (Å²) in [5.74, 6) is 1.20. The van der Waals surface area contributed by atoms with E-state index in [-0.39, 0.29) is 29.3 Å². The van der Waals surface area contributed by atoms with Gasteiger partial charge in [0.2, 0.25) is 11.8 Å². The summed E-state index contributed by atoms with van der Waals surface area (Å²) in [5, 5.41) is 0. The summed E-state index contributed by atoms with van der Waals surface area (Å²) in [4.78, 5) is 26.8. The van der Waals surface area contributed by atoms with Crippen LogP contribution in [-0.4, -0.2) is 72.0 Å². The molecule has 1 spiro atoms. The van der Waals surface area contributed by atoms with Crippen LogP contribution in [0.3, 0.4) is 0 Å². The molecule has 0 radical (unpaired) electrons. The molecule has 6 heteroatoms. The van der Waals surface area contributed by atoms with E-state index < -0.39 is 0 Å². The lowest BCUT2D eigenvalue weighted by molar-refractivity contribution is -0.137. The summed E-state index contributed by atoms with van der Waals surface area (Å²) in [6.07, 6.45) is 2.66. The Hall–Kier alpha value is -0.750. The largest absolute Gasteiger partial charge is 0.367 e. The molecule has 5 nitrogen and oxygen atoms in total. The lowest BCUT2D eigenvalue weighted by Gasteiger charge is -2.47. The number of hydrogen-bond acceptors (Lipinski definition) is 4. The molecule has 114 valence electrons. The maximum Gasteiger partial charge on any atom is 0.248 e. The molecule has 2 rings (SSSR count). The van der Waals surface area contributed by atoms with Crippen molar-refractivity contribution >= 4 is 23.6 Å². The molecule has 0 aromatic rings. The maximum absolute atomic E-state index is 11.8. The van der Waals surface area contributed by atoms with Gasteiger partial charge in [0.1, 0.15) is 6.61 Å². The van der Waals surface area contributed by atoms with Gasteiger partial charge in [0.25, 0.3) is 0 Å². The van der Waals surface area contributed by atoms with Gasteiger partial charge in [0.05, 0.1) is 10.9 Å². The van der Waals surface area contributed by atoms with Gasteiger partial charge in [-0.25, -0.2) is 0 Å². The van der Waals surface area contributed by atoms with Crippen LogP contribution < -0.4 is 0 Å². The molecule has 20 heavy (non-hydrogen) atoms. The molecule has 0 aromatic carbocycles. The smallest absolute Gasteiger partial charge is 0.248 e. The van der Waals surface area contributed by atoms with Crippen LogP contribution in [0.5, 0.6) is 0 Å². The van der Waals surface area contributed by atoms with Crippen LogP contribution in [0.15, 0.2) is 0 Å². The zero-order valence-corrected chi connectivity index (χ0v) is 13.4. The number of carbonyl (C=O) groups excluding carboxylic acids is 2. The van der Waals surface area contributed by atoms with Crippen molar-refractivity contribution in [2.75, 3.05) is 39.5 Å². The lowest BCUT2D eigenvalue weighted by Crippen LogP contribution is -2.60. The third kappa shape index (κ3) is 3.47. The summed E-state index contributed by atoms with van der Waals surface area (Å²) in [6, 6.07) is 0. The first-order valence-electron chi connectivity index (χ1n) is 7.19. The molecule has 2 saturated heterocycles. The van der Waals surface area contributed by atoms with Crippen molar-refractivity contribution in [1.82, 2.24) is 9.80 Å². The Morgan fingerprint density at radius 2 is 2.10 bits per heavy atom. The van der Waals surface area contributed by atoms with Gasteiger partial charge in [-0.2, -0.15) is 0 Å². The number of carbonyl (C=O) groups is 2. The van der Waals surface area contributed by atoms with Gasteiger partial charge in [-0.15, -0.1) is 11.8 Å². The highest BCUT2D eigenvalue weighted by atomic mass is 32.2. The zero-order chi connectivity index (χ0) is 14.8. The highest BCUT2D eigenvalue weighted by molar-refractivity contribution is 8.01. The van der Waals surface area contributed by atoms with E-state index in [2.05, 4.69) is 0 Å². The van der Waals surface area contributed by atoms with E-state index >= 15 is 0 Å². The third-order valence-electron chi connectivity index (χ3n) is 3.89. The van der Waals surface area contributed by atoms with Crippen LogP contribution in [0.1, 0.15) is 26.2 Å². The SMILES string of the molecule is CCCC(=O)N1CC2(CC(OCC(=O)N(C)C)CS2)C1. The molecule has 0 aliphatic carbocycles. The number of thioether (sulfide) groups is 1. The molecule has 2 amide bonds. The molecular formula is C14H24N2O3S. The van der Waals surface area contributed by atoms with Crippen LogP contribution in [0.2, 0.25) is 0 Å². The average Bonchev–Trinajstić information content (AvgIpc) is 2.78. The second-order valence-corrected chi connectivity index (χ2v) is 7.41. The molecule has 2 fully saturated rings. The van der Waals surface area contributed by atoms with E-state index in [1.54, 1.807) is 19.0 Å². The normalized spacial score (nSPS) is 23.8. The van der Waals surface area contributed by atoms with Crippen molar-refractivity contribution in [2.24, 2.45) is 0 Å². The van der Waals surface area contributed by atoms with Gasteiger partial charge in [0, 0.05) is 39.4 Å². The van der Waals surface area contributed by atoms with E-state index in [0.717, 1.165) is 31.7 Å². The first-order chi connectivity index (χ1) is 9.46. The van der Waals surface area contributed by atoms with Gasteiger partial charge in [-0.05, 0) is 12.8 Å². The summed E-state index contributed by atoms with van der Waals surface area (Å²) in [7, 11) is 3.47. The summed E-state index contributed by atoms with van der Waals surface area (Å²) < 4.78 is 5.87. The quantitative estimate of drug-likeness (QED) is 0.759. The first-order valence-corrected chi connectivity index (χ1v) is 8.18. The van der Waals surface area contributed by atoms with Crippen molar-refractivity contribution < 1.29 is 14.3 Å². The number of likely N-dealkylation sites (tertiary alicyclic amines) is 1. The zero-order valence-electron chi connectivity index (χ0n) is 12.6. The standard InChI is InChI=1S/C14H24N2O3S/c1-4-5-12(17)16-9-14(10-16)6-11(8-20-14)19-7-13(18)15(2)3/h11H,4-10H2,1-3H3. The molecule has 2 aliphatic rings. The minimum atomic E-state index is 0.00399. The van der Waals surface area contributed by atoms with Crippen LogP contribution in [0.4, 0.5) is 0 Å². The van der Waals surface area contributed by atoms with Gasteiger partial charge in [0.15, 0.2) is 0 Å². The van der Waals surface area contributed by atoms with Crippen molar-refractivity contribution in [1.29, 1.82) is 0 Å². The molecule has 1 unspecified atom stereocenters. The van der Waals surface area contributed by atoms with Crippen molar-refractivity contribution in [3.63, 3.8) is 0 Å². The topological polar surface area (TPSA) is 49.9 Å². The molecule has 0 bridgehead atoms. The fraction of sp³-hybridized carbons (Fsp3) is 0.857. The monoisotopic (exact) mass is 300 g/mol. The van der Waals surface area contributed by atoms with E-state index in [1.165, 1.54) is 0 Å². The summed E-state index contributed by atoms with van der Waals surface area (Å²) in [5.41, 5.74) is 0. The highest BCUT2D eigenvalue weighted by Gasteiger charge is 2.50. The maximum atomic E-state index is 11.8. The second-order valence-electron chi connectivity index (χ2n) is 5.92. The van der Waals surface area contributed by atoms with Crippen LogP contribution >= 0.6 is 11.8 Å². The van der Waals surface area contributed by atoms with Gasteiger partial charge >= 0.3 is 0 Å². The average molecular weight is 300 g/mol. The van der Waals surface area contributed by atoms with Gasteiger partial charge in [-0.3, -0.25) is 9.59 Å². The number of hydrogen-bond donors (Lipinski definition) is 0. The second kappa shape index (κ2) is 6.35. The molecule has 0 saturated carbocycles. The fourth-order valence-corrected chi connectivity index (χ4v) is 4.20. The Kier molecular flexibility index (Phi) is 4.96. The van der Waals surface area contributed by atoms with E-state index in [0.29, 0.717) is 6.42 Å². The molecular weight excluding hydrogens is 276 g/mol. The number of likely N-dealkylation sites (N-methyl/N-ethyl adjacent to an activating group) is 1. The van der Waals surface area contributed by atoms with Gasteiger partial charge in [-0.1, -0.05) is 6.92 Å². The molecule has 1 atom stereocenters. The number of nitrogens with zero attached hydrogens (tertiary/aromatic N) is 2. The minimum absolute atomic E-state index is 0.00399. The van der Waals surface area contributed by atoms with E-state index in [1.807, 2.05) is 23.6 Å². The molecule has 0 N–H and O–H groups in total. The Morgan fingerprint density at radius 3 is 2.70 bits per heavy atom. The number of amides is 2. The van der Waals surface area contributed by atoms with Crippen LogP contribution in [-0.2, 0) is 14.3 Å². The minimum Gasteiger partial charge on any atom is -0.367 e. The summed E-state index contributed by atoms with van der Waals surface area (Å²) >= 11 is 1.90. The Bertz CT molecular complexity index is 381. The molecule has 0 aromatic heterocycles. The molecule has 2 heterocycles. The first kappa shape index (κ1) is 15.6. The van der Waals surface area contributed by atoms with Crippen molar-refractivity contribution in [2.45, 2.75) is 37.0 Å². The van der Waals surface area contributed by atoms with Gasteiger partial charge < -0.3 is 14.5 Å². The van der Waals surface area contributed by atoms with Crippen molar-refractivity contribution in [3.05, 3.63) is 0 Å². The van der Waals surface area contributed by atoms with Crippen LogP contribution in [0.25, 0.3) is 0 Å². The highest BCUT2D eigenvalue weighted by Crippen LogP contribution is 2.46. The lowest BCUT2D eigenvalue weighted by atomic mass is 9.92. The Balaban J connectivity index is 1.71. The van der Waals surface area contributed by atoms with E-state index in [4.69, 9.17) is 4.74 Å². The summed E-state index contributed by atoms with van der Waals surface area (Å²) in [6.45, 7) is 3.88. The fourth-order valence-electron chi connectivity index (χ4n) is 2.65. The molecule has 2 aliphatic heterocycles. The predicted octanol–water partition coefficient (Wildman–Crippen LogP) is 0.978. The third-order valence-corrected chi connectivity index (χ3v) is 5.47. The van der Waals surface area contributed by atoms with E-state index in [9.17, 15) is 9.59 Å².